The normalized spacial score (nSPS) is 14.0. The molecule has 1 fully saturated rings. The lowest BCUT2D eigenvalue weighted by Crippen LogP contribution is -2.46. The Kier molecular flexibility index (Phi) is 7.39. The van der Waals surface area contributed by atoms with E-state index in [2.05, 4.69) is 27.2 Å². The van der Waals surface area contributed by atoms with Crippen LogP contribution < -0.4 is 15.0 Å². The molecule has 1 aliphatic rings. The van der Waals surface area contributed by atoms with E-state index in [0.29, 0.717) is 23.7 Å². The summed E-state index contributed by atoms with van der Waals surface area (Å²) in [5, 5.41) is 14.3. The van der Waals surface area contributed by atoms with Crippen LogP contribution in [0.25, 0.3) is 0 Å². The molecular formula is C26H28N4O4. The Morgan fingerprint density at radius 1 is 1.00 bits per heavy atom. The molecule has 0 aromatic heterocycles. The van der Waals surface area contributed by atoms with E-state index in [-0.39, 0.29) is 11.3 Å². The van der Waals surface area contributed by atoms with Crippen LogP contribution in [0, 0.1) is 10.1 Å². The van der Waals surface area contributed by atoms with Gasteiger partial charge in [0, 0.05) is 44.9 Å². The fourth-order valence-corrected chi connectivity index (χ4v) is 4.12. The maximum absolute atomic E-state index is 13.3. The molecule has 0 radical (unpaired) electrons. The first-order valence-corrected chi connectivity index (χ1v) is 11.4. The number of anilines is 2. The van der Waals surface area contributed by atoms with E-state index in [1.807, 2.05) is 31.2 Å². The average Bonchev–Trinajstić information content (AvgIpc) is 2.86. The Morgan fingerprint density at radius 2 is 1.71 bits per heavy atom. The summed E-state index contributed by atoms with van der Waals surface area (Å²) < 4.78 is 5.60. The minimum Gasteiger partial charge on any atom is -0.492 e. The van der Waals surface area contributed by atoms with Crippen LogP contribution in [-0.4, -0.2) is 48.5 Å². The summed E-state index contributed by atoms with van der Waals surface area (Å²) >= 11 is 0. The van der Waals surface area contributed by atoms with Gasteiger partial charge in [-0.15, -0.1) is 0 Å². The van der Waals surface area contributed by atoms with Crippen molar-refractivity contribution in [3.8, 4) is 5.75 Å². The monoisotopic (exact) mass is 460 g/mol. The van der Waals surface area contributed by atoms with Crippen LogP contribution in [0.3, 0.4) is 0 Å². The second-order valence-corrected chi connectivity index (χ2v) is 8.09. The smallest absolute Gasteiger partial charge is 0.270 e. The van der Waals surface area contributed by atoms with E-state index in [1.54, 1.807) is 24.3 Å². The van der Waals surface area contributed by atoms with E-state index < -0.39 is 10.8 Å². The number of carbonyl (C=O) groups is 1. The zero-order chi connectivity index (χ0) is 23.9. The first-order valence-electron chi connectivity index (χ1n) is 11.4. The van der Waals surface area contributed by atoms with Gasteiger partial charge < -0.3 is 15.0 Å². The summed E-state index contributed by atoms with van der Waals surface area (Å²) in [6.07, 6.45) is 0. The standard InChI is InChI=1S/C26H28N4O4/c1-2-34-25-11-7-6-10-23(25)27-26(31)22-18-21(30(32)33)12-13-24(22)29-16-14-28(15-17-29)19-20-8-4-3-5-9-20/h3-13,18H,2,14-17,19H2,1H3,(H,27,31). The van der Waals surface area contributed by atoms with Gasteiger partial charge in [-0.2, -0.15) is 0 Å². The molecule has 1 amide bonds. The van der Waals surface area contributed by atoms with Gasteiger partial charge in [0.25, 0.3) is 11.6 Å². The number of para-hydroxylation sites is 2. The molecular weight excluding hydrogens is 432 g/mol. The topological polar surface area (TPSA) is 87.9 Å². The maximum Gasteiger partial charge on any atom is 0.270 e. The minimum atomic E-state index is -0.480. The first-order chi connectivity index (χ1) is 16.5. The lowest BCUT2D eigenvalue weighted by molar-refractivity contribution is -0.384. The largest absolute Gasteiger partial charge is 0.492 e. The zero-order valence-corrected chi connectivity index (χ0v) is 19.1. The molecule has 1 N–H and O–H groups in total. The quantitative estimate of drug-likeness (QED) is 0.391. The molecule has 34 heavy (non-hydrogen) atoms. The van der Waals surface area contributed by atoms with Crippen LogP contribution in [0.1, 0.15) is 22.8 Å². The van der Waals surface area contributed by atoms with Crippen molar-refractivity contribution in [1.29, 1.82) is 0 Å². The molecule has 1 saturated heterocycles. The second-order valence-electron chi connectivity index (χ2n) is 8.09. The van der Waals surface area contributed by atoms with Crippen molar-refractivity contribution in [2.45, 2.75) is 13.5 Å². The molecule has 0 spiro atoms. The number of nitrogens with zero attached hydrogens (tertiary/aromatic N) is 3. The van der Waals surface area contributed by atoms with Crippen LogP contribution in [0.15, 0.2) is 72.8 Å². The maximum atomic E-state index is 13.3. The Hall–Kier alpha value is -3.91. The minimum absolute atomic E-state index is 0.116. The van der Waals surface area contributed by atoms with Gasteiger partial charge in [-0.05, 0) is 30.7 Å². The number of ether oxygens (including phenoxy) is 1. The highest BCUT2D eigenvalue weighted by Crippen LogP contribution is 2.30. The number of nitrogens with one attached hydrogen (secondary N) is 1. The molecule has 0 aliphatic carbocycles. The van der Waals surface area contributed by atoms with Gasteiger partial charge in [0.2, 0.25) is 0 Å². The van der Waals surface area contributed by atoms with Crippen molar-refractivity contribution in [3.63, 3.8) is 0 Å². The number of nitro groups is 1. The van der Waals surface area contributed by atoms with Gasteiger partial charge in [-0.1, -0.05) is 42.5 Å². The van der Waals surface area contributed by atoms with Gasteiger partial charge in [0.05, 0.1) is 28.5 Å². The Morgan fingerprint density at radius 3 is 2.41 bits per heavy atom. The fourth-order valence-electron chi connectivity index (χ4n) is 4.12. The van der Waals surface area contributed by atoms with Gasteiger partial charge in [0.1, 0.15) is 5.75 Å². The predicted molar refractivity (Wildman–Crippen MR) is 133 cm³/mol. The third-order valence-electron chi connectivity index (χ3n) is 5.83. The van der Waals surface area contributed by atoms with Crippen molar-refractivity contribution in [1.82, 2.24) is 4.90 Å². The highest BCUT2D eigenvalue weighted by atomic mass is 16.6. The zero-order valence-electron chi connectivity index (χ0n) is 19.1. The Balaban J connectivity index is 1.53. The molecule has 3 aromatic carbocycles. The molecule has 0 unspecified atom stereocenters. The van der Waals surface area contributed by atoms with Gasteiger partial charge in [-0.25, -0.2) is 0 Å². The molecule has 3 aromatic rings. The molecule has 8 nitrogen and oxygen atoms in total. The number of piperazine rings is 1. The third-order valence-corrected chi connectivity index (χ3v) is 5.83. The summed E-state index contributed by atoms with van der Waals surface area (Å²) in [5.41, 5.74) is 2.64. The van der Waals surface area contributed by atoms with Gasteiger partial charge >= 0.3 is 0 Å². The molecule has 4 rings (SSSR count). The van der Waals surface area contributed by atoms with E-state index >= 15 is 0 Å². The van der Waals surface area contributed by atoms with Crippen LogP contribution >= 0.6 is 0 Å². The average molecular weight is 461 g/mol. The van der Waals surface area contributed by atoms with Crippen molar-refractivity contribution >= 4 is 23.0 Å². The molecule has 0 saturated carbocycles. The number of non-ortho nitro benzene ring substituents is 1. The molecule has 1 heterocycles. The number of hydrogen-bond acceptors (Lipinski definition) is 6. The SMILES string of the molecule is CCOc1ccccc1NC(=O)c1cc([N+](=O)[O-])ccc1N1CCN(Cc2ccccc2)CC1. The van der Waals surface area contributed by atoms with Crippen molar-refractivity contribution in [2.24, 2.45) is 0 Å². The number of amides is 1. The van der Waals surface area contributed by atoms with E-state index in [4.69, 9.17) is 4.74 Å². The van der Waals surface area contributed by atoms with Crippen LogP contribution in [0.2, 0.25) is 0 Å². The third kappa shape index (κ3) is 5.52. The lowest BCUT2D eigenvalue weighted by Gasteiger charge is -2.36. The lowest BCUT2D eigenvalue weighted by atomic mass is 10.1. The molecule has 1 aliphatic heterocycles. The molecule has 8 heteroatoms. The van der Waals surface area contributed by atoms with Crippen LogP contribution in [0.4, 0.5) is 17.1 Å². The van der Waals surface area contributed by atoms with Crippen LogP contribution in [-0.2, 0) is 6.54 Å². The highest BCUT2D eigenvalue weighted by molar-refractivity contribution is 6.09. The number of nitro benzene ring substituents is 1. The Labute approximate surface area is 198 Å². The summed E-state index contributed by atoms with van der Waals surface area (Å²) in [4.78, 5) is 28.7. The number of hydrogen-bond donors (Lipinski definition) is 1. The summed E-state index contributed by atoms with van der Waals surface area (Å²) in [7, 11) is 0. The van der Waals surface area contributed by atoms with Crippen molar-refractivity contribution in [2.75, 3.05) is 43.0 Å². The fraction of sp³-hybridized carbons (Fsp3) is 0.269. The Bertz CT molecular complexity index is 1140. The summed E-state index contributed by atoms with van der Waals surface area (Å²) in [6.45, 7) is 6.31. The van der Waals surface area contributed by atoms with E-state index in [9.17, 15) is 14.9 Å². The van der Waals surface area contributed by atoms with Gasteiger partial charge in [-0.3, -0.25) is 19.8 Å². The van der Waals surface area contributed by atoms with Gasteiger partial charge in [0.15, 0.2) is 0 Å². The second kappa shape index (κ2) is 10.8. The summed E-state index contributed by atoms with van der Waals surface area (Å²) in [6, 6.07) is 22.0. The number of rotatable bonds is 8. The number of carbonyl (C=O) groups excluding carboxylic acids is 1. The highest BCUT2D eigenvalue weighted by Gasteiger charge is 2.24. The van der Waals surface area contributed by atoms with Crippen LogP contribution in [0.5, 0.6) is 5.75 Å². The molecule has 0 atom stereocenters. The number of benzene rings is 3. The molecule has 176 valence electrons. The van der Waals surface area contributed by atoms with Crippen molar-refractivity contribution in [3.05, 3.63) is 94.0 Å². The van der Waals surface area contributed by atoms with Crippen molar-refractivity contribution < 1.29 is 14.5 Å². The van der Waals surface area contributed by atoms with E-state index in [1.165, 1.54) is 17.7 Å². The van der Waals surface area contributed by atoms with E-state index in [0.717, 1.165) is 32.7 Å². The molecule has 0 bridgehead atoms. The first kappa shape index (κ1) is 23.3. The predicted octanol–water partition coefficient (Wildman–Crippen LogP) is 4.57. The summed E-state index contributed by atoms with van der Waals surface area (Å²) in [5.74, 6) is 0.150.